The minimum Gasteiger partial charge on any atom is -0.356 e. The SMILES string of the molecule is CN=C(NCCCc1nnc2n1CCCCC2)NCC(C)c1cccs1.I. The first-order valence-corrected chi connectivity index (χ1v) is 10.5. The quantitative estimate of drug-likeness (QED) is 0.263. The first kappa shape index (κ1) is 22.1. The number of aromatic nitrogens is 3. The third-order valence-corrected chi connectivity index (χ3v) is 5.99. The molecule has 0 bridgehead atoms. The summed E-state index contributed by atoms with van der Waals surface area (Å²) in [4.78, 5) is 5.73. The molecule has 0 saturated carbocycles. The van der Waals surface area contributed by atoms with Crippen molar-refractivity contribution in [3.8, 4) is 0 Å². The molecule has 0 fully saturated rings. The second kappa shape index (κ2) is 11.6. The van der Waals surface area contributed by atoms with E-state index in [2.05, 4.69) is 54.8 Å². The highest BCUT2D eigenvalue weighted by atomic mass is 127. The third-order valence-electron chi connectivity index (χ3n) is 4.88. The van der Waals surface area contributed by atoms with E-state index in [0.717, 1.165) is 50.7 Å². The van der Waals surface area contributed by atoms with Gasteiger partial charge in [0, 0.05) is 50.3 Å². The van der Waals surface area contributed by atoms with Gasteiger partial charge in [-0.15, -0.1) is 45.5 Å². The Morgan fingerprint density at radius 2 is 2.19 bits per heavy atom. The number of halogens is 1. The highest BCUT2D eigenvalue weighted by molar-refractivity contribution is 14.0. The molecule has 0 aromatic carbocycles. The molecular formula is C19H31IN6S. The number of nitrogens with one attached hydrogen (secondary N) is 2. The second-order valence-electron chi connectivity index (χ2n) is 6.89. The minimum absolute atomic E-state index is 0. The molecule has 0 aliphatic carbocycles. The molecular weight excluding hydrogens is 471 g/mol. The van der Waals surface area contributed by atoms with Gasteiger partial charge in [0.25, 0.3) is 0 Å². The van der Waals surface area contributed by atoms with Crippen LogP contribution in [0.15, 0.2) is 22.5 Å². The van der Waals surface area contributed by atoms with E-state index in [1.54, 1.807) is 0 Å². The second-order valence-corrected chi connectivity index (χ2v) is 7.87. The van der Waals surface area contributed by atoms with Crippen molar-refractivity contribution in [1.82, 2.24) is 25.4 Å². The van der Waals surface area contributed by atoms with Crippen LogP contribution in [0.1, 0.15) is 55.1 Å². The van der Waals surface area contributed by atoms with Gasteiger partial charge in [0.2, 0.25) is 0 Å². The van der Waals surface area contributed by atoms with Crippen molar-refractivity contribution in [2.24, 2.45) is 4.99 Å². The van der Waals surface area contributed by atoms with E-state index in [9.17, 15) is 0 Å². The summed E-state index contributed by atoms with van der Waals surface area (Å²) < 4.78 is 2.34. The Hall–Kier alpha value is -1.16. The van der Waals surface area contributed by atoms with Crippen LogP contribution in [0.2, 0.25) is 0 Å². The summed E-state index contributed by atoms with van der Waals surface area (Å²) in [5, 5.41) is 17.7. The van der Waals surface area contributed by atoms with Gasteiger partial charge in [-0.1, -0.05) is 19.4 Å². The topological polar surface area (TPSA) is 67.1 Å². The molecule has 150 valence electrons. The van der Waals surface area contributed by atoms with Crippen molar-refractivity contribution < 1.29 is 0 Å². The van der Waals surface area contributed by atoms with E-state index in [-0.39, 0.29) is 24.0 Å². The molecule has 1 aliphatic heterocycles. The van der Waals surface area contributed by atoms with Gasteiger partial charge in [-0.25, -0.2) is 0 Å². The number of hydrogen-bond acceptors (Lipinski definition) is 4. The number of thiophene rings is 1. The molecule has 0 spiro atoms. The Morgan fingerprint density at radius 3 is 2.96 bits per heavy atom. The molecule has 0 saturated heterocycles. The molecule has 3 rings (SSSR count). The molecule has 2 N–H and O–H groups in total. The predicted molar refractivity (Wildman–Crippen MR) is 123 cm³/mol. The van der Waals surface area contributed by atoms with E-state index < -0.39 is 0 Å². The lowest BCUT2D eigenvalue weighted by molar-refractivity contribution is 0.593. The van der Waals surface area contributed by atoms with Gasteiger partial charge in [-0.2, -0.15) is 0 Å². The number of fused-ring (bicyclic) bond motifs is 1. The summed E-state index contributed by atoms with van der Waals surface area (Å²) in [5.74, 6) is 3.66. The Bertz CT molecular complexity index is 697. The van der Waals surface area contributed by atoms with Crippen molar-refractivity contribution in [3.63, 3.8) is 0 Å². The highest BCUT2D eigenvalue weighted by Crippen LogP contribution is 2.19. The zero-order chi connectivity index (χ0) is 18.2. The first-order valence-electron chi connectivity index (χ1n) is 9.67. The van der Waals surface area contributed by atoms with Crippen LogP contribution in [0.3, 0.4) is 0 Å². The highest BCUT2D eigenvalue weighted by Gasteiger charge is 2.14. The summed E-state index contributed by atoms with van der Waals surface area (Å²) in [6, 6.07) is 4.30. The number of guanidine groups is 1. The van der Waals surface area contributed by atoms with Gasteiger partial charge >= 0.3 is 0 Å². The lowest BCUT2D eigenvalue weighted by atomic mass is 10.1. The van der Waals surface area contributed by atoms with Crippen LogP contribution < -0.4 is 10.6 Å². The van der Waals surface area contributed by atoms with Gasteiger partial charge in [-0.3, -0.25) is 4.99 Å². The molecule has 6 nitrogen and oxygen atoms in total. The van der Waals surface area contributed by atoms with E-state index in [4.69, 9.17) is 0 Å². The maximum atomic E-state index is 4.40. The molecule has 0 amide bonds. The van der Waals surface area contributed by atoms with Crippen molar-refractivity contribution in [1.29, 1.82) is 0 Å². The van der Waals surface area contributed by atoms with E-state index >= 15 is 0 Å². The molecule has 27 heavy (non-hydrogen) atoms. The van der Waals surface area contributed by atoms with Crippen molar-refractivity contribution in [2.45, 2.75) is 57.9 Å². The fourth-order valence-corrected chi connectivity index (χ4v) is 4.11. The van der Waals surface area contributed by atoms with Crippen LogP contribution in [0.25, 0.3) is 0 Å². The van der Waals surface area contributed by atoms with Crippen molar-refractivity contribution in [3.05, 3.63) is 34.0 Å². The van der Waals surface area contributed by atoms with E-state index in [0.29, 0.717) is 5.92 Å². The Kier molecular flexibility index (Phi) is 9.53. The Balaban J connectivity index is 0.00000261. The largest absolute Gasteiger partial charge is 0.356 e. The van der Waals surface area contributed by atoms with Gasteiger partial charge in [0.05, 0.1) is 0 Å². The Labute approximate surface area is 183 Å². The summed E-state index contributed by atoms with van der Waals surface area (Å²) in [5.41, 5.74) is 0. The lowest BCUT2D eigenvalue weighted by Crippen LogP contribution is -2.39. The van der Waals surface area contributed by atoms with Crippen molar-refractivity contribution in [2.75, 3.05) is 20.1 Å². The first-order chi connectivity index (χ1) is 12.8. The Morgan fingerprint density at radius 1 is 1.30 bits per heavy atom. The molecule has 2 aromatic heterocycles. The maximum absolute atomic E-state index is 4.40. The summed E-state index contributed by atoms with van der Waals surface area (Å²) in [6.07, 6.45) is 6.85. The maximum Gasteiger partial charge on any atom is 0.190 e. The number of aryl methyl sites for hydroxylation is 2. The molecule has 1 aliphatic rings. The zero-order valence-corrected chi connectivity index (χ0v) is 19.4. The number of nitrogens with zero attached hydrogens (tertiary/aromatic N) is 4. The normalized spacial score (nSPS) is 15.4. The summed E-state index contributed by atoms with van der Waals surface area (Å²) >= 11 is 1.81. The number of aliphatic imine (C=N–C) groups is 1. The summed E-state index contributed by atoms with van der Waals surface area (Å²) in [7, 11) is 1.82. The molecule has 3 heterocycles. The number of hydrogen-bond donors (Lipinski definition) is 2. The summed E-state index contributed by atoms with van der Waals surface area (Å²) in [6.45, 7) is 5.09. The van der Waals surface area contributed by atoms with E-state index in [1.807, 2.05) is 18.4 Å². The fraction of sp³-hybridized carbons (Fsp3) is 0.632. The molecule has 1 atom stereocenters. The van der Waals surface area contributed by atoms with Gasteiger partial charge in [0.15, 0.2) is 5.96 Å². The average Bonchev–Trinajstić information content (AvgIpc) is 3.26. The molecule has 2 aromatic rings. The van der Waals surface area contributed by atoms with Crippen LogP contribution in [-0.4, -0.2) is 40.9 Å². The average molecular weight is 502 g/mol. The smallest absolute Gasteiger partial charge is 0.190 e. The fourth-order valence-electron chi connectivity index (χ4n) is 3.33. The van der Waals surface area contributed by atoms with E-state index in [1.165, 1.54) is 30.0 Å². The third kappa shape index (κ3) is 6.44. The van der Waals surface area contributed by atoms with Gasteiger partial charge < -0.3 is 15.2 Å². The number of rotatable bonds is 7. The molecule has 8 heteroatoms. The van der Waals surface area contributed by atoms with Crippen molar-refractivity contribution >= 4 is 41.3 Å². The zero-order valence-electron chi connectivity index (χ0n) is 16.3. The monoisotopic (exact) mass is 502 g/mol. The van der Waals surface area contributed by atoms with Crippen LogP contribution in [0.5, 0.6) is 0 Å². The van der Waals surface area contributed by atoms with Gasteiger partial charge in [0.1, 0.15) is 11.6 Å². The van der Waals surface area contributed by atoms with Crippen LogP contribution in [0, 0.1) is 0 Å². The van der Waals surface area contributed by atoms with Gasteiger partial charge in [-0.05, 0) is 30.7 Å². The van der Waals surface area contributed by atoms with Crippen LogP contribution in [0.4, 0.5) is 0 Å². The standard InChI is InChI=1S/C19H30N6S.HI/c1-15(16-8-7-13-26-16)14-22-19(20-2)21-11-6-10-18-24-23-17-9-4-3-5-12-25(17)18;/h7-8,13,15H,3-6,9-12,14H2,1-2H3,(H2,20,21,22);1H. The molecule has 0 radical (unpaired) electrons. The van der Waals surface area contributed by atoms with Crippen LogP contribution in [-0.2, 0) is 19.4 Å². The van der Waals surface area contributed by atoms with Crippen LogP contribution >= 0.6 is 35.3 Å². The minimum atomic E-state index is 0. The predicted octanol–water partition coefficient (Wildman–Crippen LogP) is 3.59. The lowest BCUT2D eigenvalue weighted by Gasteiger charge is -2.15. The molecule has 1 unspecified atom stereocenters.